The summed E-state index contributed by atoms with van der Waals surface area (Å²) in [4.78, 5) is 0. The maximum absolute atomic E-state index is 10.6. The molecule has 0 radical (unpaired) electrons. The predicted molar refractivity (Wildman–Crippen MR) is 68.7 cm³/mol. The lowest BCUT2D eigenvalue weighted by Crippen LogP contribution is -2.42. The van der Waals surface area contributed by atoms with E-state index in [1.807, 2.05) is 19.1 Å². The molecule has 1 nitrogen and oxygen atoms in total. The second-order valence-corrected chi connectivity index (χ2v) is 6.73. The zero-order valence-corrected chi connectivity index (χ0v) is 11.5. The Labute approximate surface area is 109 Å². The van der Waals surface area contributed by atoms with Crippen LogP contribution in [0.4, 0.5) is 0 Å². The van der Waals surface area contributed by atoms with Gasteiger partial charge in [0.2, 0.25) is 0 Å². The number of hydrogen-bond donors (Lipinski definition) is 1. The van der Waals surface area contributed by atoms with Gasteiger partial charge in [-0.3, -0.25) is 0 Å². The van der Waals surface area contributed by atoms with Crippen molar-refractivity contribution >= 4 is 27.5 Å². The Morgan fingerprint density at radius 2 is 1.94 bits per heavy atom. The second-order valence-electron chi connectivity index (χ2n) is 5.47. The van der Waals surface area contributed by atoms with Gasteiger partial charge in [0.15, 0.2) is 0 Å². The Bertz CT molecular complexity index is 457. The van der Waals surface area contributed by atoms with E-state index in [9.17, 15) is 5.11 Å². The predicted octanol–water partition coefficient (Wildman–Crippen LogP) is 4.17. The minimum absolute atomic E-state index is 0.471. The SMILES string of the molecule is Cc1cc(C2(O)CC3(CC3)C2)c(Cl)cc1Br. The molecule has 0 heterocycles. The summed E-state index contributed by atoms with van der Waals surface area (Å²) < 4.78 is 1.00. The molecule has 86 valence electrons. The molecule has 0 amide bonds. The molecule has 1 spiro atoms. The fraction of sp³-hybridized carbons (Fsp3) is 0.538. The Morgan fingerprint density at radius 3 is 2.50 bits per heavy atom. The lowest BCUT2D eigenvalue weighted by molar-refractivity contribution is -0.0916. The summed E-state index contributed by atoms with van der Waals surface area (Å²) in [6, 6.07) is 3.91. The third-order valence-corrected chi connectivity index (χ3v) is 5.21. The first-order valence-corrected chi connectivity index (χ1v) is 6.80. The van der Waals surface area contributed by atoms with Crippen LogP contribution in [0.3, 0.4) is 0 Å². The van der Waals surface area contributed by atoms with E-state index in [-0.39, 0.29) is 0 Å². The molecule has 0 aliphatic heterocycles. The second kappa shape index (κ2) is 3.24. The molecule has 16 heavy (non-hydrogen) atoms. The van der Waals surface area contributed by atoms with E-state index in [1.54, 1.807) is 0 Å². The van der Waals surface area contributed by atoms with Crippen LogP contribution in [-0.2, 0) is 5.60 Å². The molecule has 0 saturated heterocycles. The van der Waals surface area contributed by atoms with Gasteiger partial charge in [-0.25, -0.2) is 0 Å². The van der Waals surface area contributed by atoms with E-state index in [0.29, 0.717) is 10.4 Å². The quantitative estimate of drug-likeness (QED) is 0.825. The van der Waals surface area contributed by atoms with Crippen molar-refractivity contribution in [2.24, 2.45) is 5.41 Å². The molecule has 1 aromatic rings. The van der Waals surface area contributed by atoms with Gasteiger partial charge >= 0.3 is 0 Å². The molecular weight excluding hydrogens is 287 g/mol. The van der Waals surface area contributed by atoms with Gasteiger partial charge in [-0.1, -0.05) is 33.6 Å². The number of aliphatic hydroxyl groups is 1. The van der Waals surface area contributed by atoms with Crippen LogP contribution in [0, 0.1) is 12.3 Å². The summed E-state index contributed by atoms with van der Waals surface area (Å²) in [6.07, 6.45) is 4.34. The number of hydrogen-bond acceptors (Lipinski definition) is 1. The van der Waals surface area contributed by atoms with Gasteiger partial charge in [0, 0.05) is 15.1 Å². The van der Waals surface area contributed by atoms with E-state index in [0.717, 1.165) is 28.4 Å². The van der Waals surface area contributed by atoms with E-state index in [2.05, 4.69) is 15.9 Å². The first-order chi connectivity index (χ1) is 7.44. The summed E-state index contributed by atoms with van der Waals surface area (Å²) in [5.41, 5.74) is 1.84. The van der Waals surface area contributed by atoms with Gasteiger partial charge in [0.25, 0.3) is 0 Å². The summed E-state index contributed by atoms with van der Waals surface area (Å²) in [5.74, 6) is 0. The molecule has 0 unspecified atom stereocenters. The molecule has 3 heteroatoms. The summed E-state index contributed by atoms with van der Waals surface area (Å²) in [6.45, 7) is 2.03. The van der Waals surface area contributed by atoms with Crippen molar-refractivity contribution in [1.82, 2.24) is 0 Å². The third-order valence-electron chi connectivity index (χ3n) is 4.04. The average Bonchev–Trinajstić information content (AvgIpc) is 2.90. The number of halogens is 2. The average molecular weight is 302 g/mol. The van der Waals surface area contributed by atoms with Gasteiger partial charge in [-0.15, -0.1) is 0 Å². The van der Waals surface area contributed by atoms with Crippen molar-refractivity contribution < 1.29 is 5.11 Å². The van der Waals surface area contributed by atoms with Gasteiger partial charge in [-0.05, 0) is 49.7 Å². The highest BCUT2D eigenvalue weighted by atomic mass is 79.9. The van der Waals surface area contributed by atoms with Crippen LogP contribution >= 0.6 is 27.5 Å². The van der Waals surface area contributed by atoms with Crippen LogP contribution in [0.1, 0.15) is 36.8 Å². The molecule has 2 aliphatic carbocycles. The Kier molecular flexibility index (Phi) is 2.24. The van der Waals surface area contributed by atoms with Gasteiger partial charge < -0.3 is 5.11 Å². The van der Waals surface area contributed by atoms with E-state index < -0.39 is 5.60 Å². The highest BCUT2D eigenvalue weighted by Gasteiger charge is 2.61. The van der Waals surface area contributed by atoms with E-state index in [1.165, 1.54) is 12.8 Å². The molecule has 2 fully saturated rings. The van der Waals surface area contributed by atoms with Gasteiger partial charge in [0.05, 0.1) is 5.60 Å². The third kappa shape index (κ3) is 1.54. The van der Waals surface area contributed by atoms with Crippen LogP contribution < -0.4 is 0 Å². The molecule has 1 aromatic carbocycles. The van der Waals surface area contributed by atoms with E-state index >= 15 is 0 Å². The van der Waals surface area contributed by atoms with Crippen molar-refractivity contribution in [3.63, 3.8) is 0 Å². The summed E-state index contributed by atoms with van der Waals surface area (Å²) in [7, 11) is 0. The molecule has 1 N–H and O–H groups in total. The fourth-order valence-electron chi connectivity index (χ4n) is 2.92. The van der Waals surface area contributed by atoms with Crippen molar-refractivity contribution in [1.29, 1.82) is 0 Å². The molecular formula is C13H14BrClO. The van der Waals surface area contributed by atoms with E-state index in [4.69, 9.17) is 11.6 Å². The molecule has 2 aliphatic rings. The normalized spacial score (nSPS) is 24.2. The lowest BCUT2D eigenvalue weighted by Gasteiger charge is -2.45. The zero-order chi connectivity index (χ0) is 11.6. The van der Waals surface area contributed by atoms with Crippen LogP contribution in [0.15, 0.2) is 16.6 Å². The highest BCUT2D eigenvalue weighted by molar-refractivity contribution is 9.10. The fourth-order valence-corrected chi connectivity index (χ4v) is 3.74. The minimum atomic E-state index is -0.668. The smallest absolute Gasteiger partial charge is 0.0921 e. The van der Waals surface area contributed by atoms with Crippen molar-refractivity contribution in [3.8, 4) is 0 Å². The topological polar surface area (TPSA) is 20.2 Å². The van der Waals surface area contributed by atoms with Crippen LogP contribution in [0.25, 0.3) is 0 Å². The zero-order valence-electron chi connectivity index (χ0n) is 9.19. The Hall–Kier alpha value is -0.0500. The maximum atomic E-state index is 10.6. The molecule has 0 bridgehead atoms. The van der Waals surface area contributed by atoms with Crippen LogP contribution in [-0.4, -0.2) is 5.11 Å². The first-order valence-electron chi connectivity index (χ1n) is 5.63. The Morgan fingerprint density at radius 1 is 1.31 bits per heavy atom. The van der Waals surface area contributed by atoms with Crippen molar-refractivity contribution in [3.05, 3.63) is 32.8 Å². The maximum Gasteiger partial charge on any atom is 0.0921 e. The summed E-state index contributed by atoms with van der Waals surface area (Å²) >= 11 is 9.68. The van der Waals surface area contributed by atoms with Crippen molar-refractivity contribution in [2.75, 3.05) is 0 Å². The van der Waals surface area contributed by atoms with Crippen LogP contribution in [0.5, 0.6) is 0 Å². The van der Waals surface area contributed by atoms with Gasteiger partial charge in [0.1, 0.15) is 0 Å². The molecule has 0 atom stereocenters. The molecule has 2 saturated carbocycles. The minimum Gasteiger partial charge on any atom is -0.385 e. The Balaban J connectivity index is 1.97. The monoisotopic (exact) mass is 300 g/mol. The standard InChI is InChI=1S/C13H14BrClO/c1-8-4-9(11(15)5-10(8)14)13(16)6-12(7-13)2-3-12/h4-5,16H,2-3,6-7H2,1H3. The number of benzene rings is 1. The number of rotatable bonds is 1. The summed E-state index contributed by atoms with van der Waals surface area (Å²) in [5, 5.41) is 11.2. The largest absolute Gasteiger partial charge is 0.385 e. The van der Waals surface area contributed by atoms with Gasteiger partial charge in [-0.2, -0.15) is 0 Å². The molecule has 3 rings (SSSR count). The first kappa shape index (κ1) is 11.1. The highest BCUT2D eigenvalue weighted by Crippen LogP contribution is 2.68. The lowest BCUT2D eigenvalue weighted by atomic mass is 9.64. The van der Waals surface area contributed by atoms with Crippen LogP contribution in [0.2, 0.25) is 5.02 Å². The number of aryl methyl sites for hydroxylation is 1. The molecule has 0 aromatic heterocycles. The van der Waals surface area contributed by atoms with Crippen molar-refractivity contribution in [2.45, 2.75) is 38.2 Å².